The number of rotatable bonds is 6. The first kappa shape index (κ1) is 17.0. The fraction of sp³-hybridized carbons (Fsp3) is 0.562. The summed E-state index contributed by atoms with van der Waals surface area (Å²) < 4.78 is 27.7. The van der Waals surface area contributed by atoms with Gasteiger partial charge < -0.3 is 5.73 Å². The number of carbonyl (C=O) groups is 1. The average molecular weight is 324 g/mol. The van der Waals surface area contributed by atoms with E-state index in [0.717, 1.165) is 24.8 Å². The summed E-state index contributed by atoms with van der Waals surface area (Å²) in [7, 11) is -3.78. The van der Waals surface area contributed by atoms with Gasteiger partial charge in [-0.05, 0) is 61.8 Å². The first-order chi connectivity index (χ1) is 10.1. The molecule has 122 valence electrons. The lowest BCUT2D eigenvalue weighted by atomic mass is 9.91. The largest absolute Gasteiger partial charge is 0.368 e. The fourth-order valence-electron chi connectivity index (χ4n) is 3.08. The number of hydrogen-bond donors (Lipinski definition) is 2. The number of aryl methyl sites for hydroxylation is 2. The van der Waals surface area contributed by atoms with Gasteiger partial charge in [-0.15, -0.1) is 0 Å². The molecule has 0 aliphatic heterocycles. The number of primary amides is 1. The Balaban J connectivity index is 2.31. The molecule has 1 aliphatic rings. The van der Waals surface area contributed by atoms with Crippen molar-refractivity contribution in [2.45, 2.75) is 56.9 Å². The molecule has 22 heavy (non-hydrogen) atoms. The third-order valence-electron chi connectivity index (χ3n) is 4.10. The Morgan fingerprint density at radius 2 is 1.95 bits per heavy atom. The minimum atomic E-state index is -3.78. The van der Waals surface area contributed by atoms with Gasteiger partial charge in [0.15, 0.2) is 0 Å². The zero-order chi connectivity index (χ0) is 16.5. The van der Waals surface area contributed by atoms with E-state index >= 15 is 0 Å². The lowest BCUT2D eigenvalue weighted by Crippen LogP contribution is -2.55. The summed E-state index contributed by atoms with van der Waals surface area (Å²) in [4.78, 5) is 11.9. The van der Waals surface area contributed by atoms with Crippen LogP contribution in [0.2, 0.25) is 0 Å². The molecule has 6 heteroatoms. The smallest absolute Gasteiger partial charge is 0.241 e. The molecular weight excluding hydrogens is 300 g/mol. The number of benzene rings is 1. The van der Waals surface area contributed by atoms with Gasteiger partial charge in [0.1, 0.15) is 5.54 Å². The van der Waals surface area contributed by atoms with Gasteiger partial charge in [0.05, 0.1) is 4.90 Å². The molecule has 1 aromatic rings. The van der Waals surface area contributed by atoms with E-state index in [9.17, 15) is 13.2 Å². The number of nitrogens with one attached hydrogen (secondary N) is 1. The monoisotopic (exact) mass is 324 g/mol. The maximum Gasteiger partial charge on any atom is 0.241 e. The second kappa shape index (κ2) is 6.01. The third-order valence-corrected chi connectivity index (χ3v) is 5.69. The van der Waals surface area contributed by atoms with Gasteiger partial charge in [0.25, 0.3) is 0 Å². The summed E-state index contributed by atoms with van der Waals surface area (Å²) in [5.41, 5.74) is 6.43. The van der Waals surface area contributed by atoms with Crippen LogP contribution in [0.5, 0.6) is 0 Å². The standard InChI is InChI=1S/C16H24N2O3S/c1-11(2)10-16(3,15(17)19)18-22(20,21)14-8-7-12-5-4-6-13(12)9-14/h7-9,11,18H,4-6,10H2,1-3H3,(H2,17,19)/t16-/m1/s1. The molecule has 0 spiro atoms. The first-order valence-electron chi connectivity index (χ1n) is 7.60. The highest BCUT2D eigenvalue weighted by Gasteiger charge is 2.37. The van der Waals surface area contributed by atoms with Crippen molar-refractivity contribution in [3.05, 3.63) is 29.3 Å². The molecule has 1 aromatic carbocycles. The highest BCUT2D eigenvalue weighted by Crippen LogP contribution is 2.26. The summed E-state index contributed by atoms with van der Waals surface area (Å²) in [6, 6.07) is 5.17. The van der Waals surface area contributed by atoms with Crippen molar-refractivity contribution in [3.8, 4) is 0 Å². The Hall–Kier alpha value is -1.40. The van der Waals surface area contributed by atoms with E-state index in [-0.39, 0.29) is 10.8 Å². The average Bonchev–Trinajstić information content (AvgIpc) is 2.83. The van der Waals surface area contributed by atoms with E-state index in [1.165, 1.54) is 5.56 Å². The van der Waals surface area contributed by atoms with E-state index in [1.54, 1.807) is 19.1 Å². The first-order valence-corrected chi connectivity index (χ1v) is 9.08. The maximum absolute atomic E-state index is 12.6. The predicted molar refractivity (Wildman–Crippen MR) is 85.8 cm³/mol. The predicted octanol–water partition coefficient (Wildman–Crippen LogP) is 1.74. The van der Waals surface area contributed by atoms with Crippen LogP contribution in [-0.4, -0.2) is 19.9 Å². The van der Waals surface area contributed by atoms with Crippen molar-refractivity contribution in [2.24, 2.45) is 11.7 Å². The highest BCUT2D eigenvalue weighted by molar-refractivity contribution is 7.89. The second-order valence-corrected chi connectivity index (χ2v) is 8.37. The second-order valence-electron chi connectivity index (χ2n) is 6.68. The van der Waals surface area contributed by atoms with Crippen molar-refractivity contribution in [1.29, 1.82) is 0 Å². The van der Waals surface area contributed by atoms with Gasteiger partial charge in [0, 0.05) is 0 Å². The molecule has 0 saturated heterocycles. The van der Waals surface area contributed by atoms with Crippen LogP contribution in [0.1, 0.15) is 44.7 Å². The number of hydrogen-bond acceptors (Lipinski definition) is 3. The Morgan fingerprint density at radius 3 is 2.55 bits per heavy atom. The summed E-state index contributed by atoms with van der Waals surface area (Å²) in [5.74, 6) is -0.522. The van der Waals surface area contributed by atoms with Gasteiger partial charge >= 0.3 is 0 Å². The maximum atomic E-state index is 12.6. The van der Waals surface area contributed by atoms with E-state index in [0.29, 0.717) is 6.42 Å². The Labute approximate surface area is 132 Å². The molecule has 5 nitrogen and oxygen atoms in total. The van der Waals surface area contributed by atoms with Crippen molar-refractivity contribution in [3.63, 3.8) is 0 Å². The number of amides is 1. The minimum absolute atomic E-state index is 0.139. The van der Waals surface area contributed by atoms with Crippen molar-refractivity contribution >= 4 is 15.9 Å². The lowest BCUT2D eigenvalue weighted by molar-refractivity contribution is -0.123. The lowest BCUT2D eigenvalue weighted by Gasteiger charge is -2.28. The van der Waals surface area contributed by atoms with Gasteiger partial charge in [-0.3, -0.25) is 4.79 Å². The molecule has 1 amide bonds. The van der Waals surface area contributed by atoms with E-state index in [1.807, 2.05) is 19.9 Å². The molecule has 0 bridgehead atoms. The van der Waals surface area contributed by atoms with Crippen LogP contribution >= 0.6 is 0 Å². The summed E-state index contributed by atoms with van der Waals surface area (Å²) in [6.45, 7) is 5.38. The van der Waals surface area contributed by atoms with Crippen LogP contribution in [0.25, 0.3) is 0 Å². The molecule has 0 radical (unpaired) electrons. The van der Waals surface area contributed by atoms with Gasteiger partial charge in [-0.1, -0.05) is 19.9 Å². The van der Waals surface area contributed by atoms with E-state index < -0.39 is 21.5 Å². The normalized spacial score (nSPS) is 17.3. The number of carbonyl (C=O) groups excluding carboxylic acids is 1. The highest BCUT2D eigenvalue weighted by atomic mass is 32.2. The topological polar surface area (TPSA) is 89.3 Å². The van der Waals surface area contributed by atoms with Gasteiger partial charge in [0.2, 0.25) is 15.9 Å². The zero-order valence-electron chi connectivity index (χ0n) is 13.3. The van der Waals surface area contributed by atoms with Gasteiger partial charge in [-0.2, -0.15) is 4.72 Å². The van der Waals surface area contributed by atoms with Crippen LogP contribution in [0.3, 0.4) is 0 Å². The molecule has 0 unspecified atom stereocenters. The number of sulfonamides is 1. The van der Waals surface area contributed by atoms with Crippen molar-refractivity contribution in [2.75, 3.05) is 0 Å². The third kappa shape index (κ3) is 3.50. The Bertz CT molecular complexity index is 683. The van der Waals surface area contributed by atoms with E-state index in [2.05, 4.69) is 4.72 Å². The molecule has 1 atom stereocenters. The fourth-order valence-corrected chi connectivity index (χ4v) is 4.52. The van der Waals surface area contributed by atoms with Crippen LogP contribution in [0.4, 0.5) is 0 Å². The zero-order valence-corrected chi connectivity index (χ0v) is 14.2. The number of nitrogens with two attached hydrogens (primary N) is 1. The molecular formula is C16H24N2O3S. The molecule has 0 fully saturated rings. The Morgan fingerprint density at radius 1 is 1.32 bits per heavy atom. The molecule has 3 N–H and O–H groups in total. The van der Waals surface area contributed by atoms with E-state index in [4.69, 9.17) is 5.73 Å². The Kier molecular flexibility index (Phi) is 4.63. The van der Waals surface area contributed by atoms with Crippen LogP contribution in [0.15, 0.2) is 23.1 Å². The molecule has 0 heterocycles. The van der Waals surface area contributed by atoms with Crippen molar-refractivity contribution in [1.82, 2.24) is 4.72 Å². The van der Waals surface area contributed by atoms with Crippen LogP contribution < -0.4 is 10.5 Å². The minimum Gasteiger partial charge on any atom is -0.368 e. The van der Waals surface area contributed by atoms with Crippen molar-refractivity contribution < 1.29 is 13.2 Å². The summed E-state index contributed by atoms with van der Waals surface area (Å²) in [6.07, 6.45) is 3.30. The molecule has 0 aromatic heterocycles. The SMILES string of the molecule is CC(C)C[C@@](C)(NS(=O)(=O)c1ccc2c(c1)CCC2)C(N)=O. The van der Waals surface area contributed by atoms with Crippen LogP contribution in [0, 0.1) is 5.92 Å². The molecule has 2 rings (SSSR count). The molecule has 0 saturated carbocycles. The summed E-state index contributed by atoms with van der Waals surface area (Å²) >= 11 is 0. The quantitative estimate of drug-likeness (QED) is 0.835. The molecule has 1 aliphatic carbocycles. The van der Waals surface area contributed by atoms with Gasteiger partial charge in [-0.25, -0.2) is 8.42 Å². The van der Waals surface area contributed by atoms with Crippen LogP contribution in [-0.2, 0) is 27.7 Å². The number of fused-ring (bicyclic) bond motifs is 1. The summed E-state index contributed by atoms with van der Waals surface area (Å²) in [5, 5.41) is 0.